The molecule has 1 aliphatic rings. The van der Waals surface area contributed by atoms with Crippen molar-refractivity contribution in [2.45, 2.75) is 45.3 Å². The van der Waals surface area contributed by atoms with Gasteiger partial charge < -0.3 is 16.0 Å². The van der Waals surface area contributed by atoms with Gasteiger partial charge in [-0.05, 0) is 23.6 Å². The standard InChI is InChI=1S/C24H25F5N6O2/c1-12(2)5-20(36)34-9-17(26)18(10-34)33-23(37)15-6-13(3-4-14(15)8-25)19-7-16(24(27,28)29)21-22(30)31-11-32-35(19)21/h3-4,6-7,11-12,17-18H,5,8-10H2,1-2H3,(H,33,37)(H2,30,31,32)/t17-,18+/m0/s1. The minimum absolute atomic E-state index is 0.0339. The summed E-state index contributed by atoms with van der Waals surface area (Å²) in [5, 5.41) is 6.38. The highest BCUT2D eigenvalue weighted by Crippen LogP contribution is 2.39. The summed E-state index contributed by atoms with van der Waals surface area (Å²) in [7, 11) is 0. The summed E-state index contributed by atoms with van der Waals surface area (Å²) in [6, 6.07) is 3.64. The molecule has 1 fully saturated rings. The number of nitrogens with zero attached hydrogens (tertiary/aromatic N) is 4. The van der Waals surface area contributed by atoms with Gasteiger partial charge in [-0.3, -0.25) is 9.59 Å². The van der Waals surface area contributed by atoms with Crippen molar-refractivity contribution >= 4 is 23.1 Å². The van der Waals surface area contributed by atoms with Crippen LogP contribution in [0.5, 0.6) is 0 Å². The van der Waals surface area contributed by atoms with E-state index in [0.29, 0.717) is 0 Å². The number of carbonyl (C=O) groups is 2. The van der Waals surface area contributed by atoms with Crippen molar-refractivity contribution in [1.82, 2.24) is 24.8 Å². The van der Waals surface area contributed by atoms with Gasteiger partial charge in [-0.15, -0.1) is 0 Å². The van der Waals surface area contributed by atoms with Crippen molar-refractivity contribution in [1.29, 1.82) is 0 Å². The Labute approximate surface area is 208 Å². The fraction of sp³-hybridized carbons (Fsp3) is 0.417. The number of fused-ring (bicyclic) bond motifs is 1. The van der Waals surface area contributed by atoms with Crippen molar-refractivity contribution in [3.05, 3.63) is 47.3 Å². The van der Waals surface area contributed by atoms with Gasteiger partial charge in [-0.1, -0.05) is 26.0 Å². The lowest BCUT2D eigenvalue weighted by atomic mass is 10.0. The van der Waals surface area contributed by atoms with E-state index in [-0.39, 0.29) is 53.7 Å². The van der Waals surface area contributed by atoms with E-state index < -0.39 is 47.9 Å². The van der Waals surface area contributed by atoms with Crippen LogP contribution in [0.25, 0.3) is 16.8 Å². The Hall–Kier alpha value is -3.77. The van der Waals surface area contributed by atoms with Crippen LogP contribution in [0.4, 0.5) is 27.8 Å². The zero-order valence-corrected chi connectivity index (χ0v) is 20.0. The highest BCUT2D eigenvalue weighted by molar-refractivity contribution is 5.97. The van der Waals surface area contributed by atoms with Crippen LogP contribution in [0.1, 0.15) is 41.8 Å². The Kier molecular flexibility index (Phi) is 7.07. The van der Waals surface area contributed by atoms with E-state index >= 15 is 0 Å². The van der Waals surface area contributed by atoms with E-state index in [0.717, 1.165) is 16.9 Å². The van der Waals surface area contributed by atoms with Gasteiger partial charge in [0, 0.05) is 24.1 Å². The minimum Gasteiger partial charge on any atom is -0.382 e. The average Bonchev–Trinajstić information content (AvgIpc) is 3.40. The summed E-state index contributed by atoms with van der Waals surface area (Å²) in [6.45, 7) is 2.46. The number of nitrogen functional groups attached to an aromatic ring is 1. The smallest absolute Gasteiger partial charge is 0.382 e. The monoisotopic (exact) mass is 524 g/mol. The van der Waals surface area contributed by atoms with Gasteiger partial charge in [0.15, 0.2) is 5.82 Å². The van der Waals surface area contributed by atoms with Crippen molar-refractivity contribution < 1.29 is 31.5 Å². The Morgan fingerprint density at radius 3 is 2.59 bits per heavy atom. The molecule has 3 aromatic rings. The maximum atomic E-state index is 14.6. The van der Waals surface area contributed by atoms with Crippen LogP contribution < -0.4 is 11.1 Å². The van der Waals surface area contributed by atoms with Gasteiger partial charge in [0.25, 0.3) is 5.91 Å². The van der Waals surface area contributed by atoms with E-state index in [4.69, 9.17) is 5.73 Å². The van der Waals surface area contributed by atoms with E-state index in [1.807, 2.05) is 13.8 Å². The lowest BCUT2D eigenvalue weighted by molar-refractivity contribution is -0.136. The molecule has 0 saturated carbocycles. The first kappa shape index (κ1) is 26.3. The maximum Gasteiger partial charge on any atom is 0.418 e. The number of alkyl halides is 5. The predicted octanol–water partition coefficient (Wildman–Crippen LogP) is 3.79. The molecular formula is C24H25F5N6O2. The van der Waals surface area contributed by atoms with Crippen molar-refractivity contribution in [2.75, 3.05) is 18.8 Å². The van der Waals surface area contributed by atoms with Crippen LogP contribution in [0.2, 0.25) is 0 Å². The maximum absolute atomic E-state index is 14.6. The van der Waals surface area contributed by atoms with Crippen molar-refractivity contribution in [2.24, 2.45) is 5.92 Å². The van der Waals surface area contributed by atoms with Crippen LogP contribution in [0.3, 0.4) is 0 Å². The third-order valence-electron chi connectivity index (χ3n) is 6.18. The largest absolute Gasteiger partial charge is 0.418 e. The van der Waals surface area contributed by atoms with Gasteiger partial charge in [-0.25, -0.2) is 18.3 Å². The van der Waals surface area contributed by atoms with E-state index in [9.17, 15) is 31.5 Å². The van der Waals surface area contributed by atoms with Crippen molar-refractivity contribution in [3.8, 4) is 11.3 Å². The minimum atomic E-state index is -4.76. The fourth-order valence-corrected chi connectivity index (χ4v) is 4.38. The number of hydrogen-bond donors (Lipinski definition) is 2. The summed E-state index contributed by atoms with van der Waals surface area (Å²) in [5.41, 5.74) is 4.02. The Morgan fingerprint density at radius 2 is 1.95 bits per heavy atom. The van der Waals surface area contributed by atoms with Crippen molar-refractivity contribution in [3.63, 3.8) is 0 Å². The molecule has 2 atom stereocenters. The molecule has 198 valence electrons. The molecule has 0 aliphatic carbocycles. The first-order valence-electron chi connectivity index (χ1n) is 11.5. The molecule has 3 heterocycles. The highest BCUT2D eigenvalue weighted by atomic mass is 19.4. The quantitative estimate of drug-likeness (QED) is 0.478. The molecule has 2 amide bonds. The molecule has 3 N–H and O–H groups in total. The number of nitrogens with one attached hydrogen (secondary N) is 1. The molecule has 1 aliphatic heterocycles. The number of benzene rings is 1. The Balaban J connectivity index is 1.66. The van der Waals surface area contributed by atoms with Gasteiger partial charge in [0.2, 0.25) is 5.91 Å². The lowest BCUT2D eigenvalue weighted by Gasteiger charge is -2.18. The number of aromatic nitrogens is 3. The molecular weight excluding hydrogens is 499 g/mol. The second-order valence-electron chi connectivity index (χ2n) is 9.34. The first-order valence-corrected chi connectivity index (χ1v) is 11.5. The number of hydrogen-bond acceptors (Lipinski definition) is 5. The number of amides is 2. The van der Waals surface area contributed by atoms with Gasteiger partial charge in [0.1, 0.15) is 24.7 Å². The molecule has 13 heteroatoms. The summed E-state index contributed by atoms with van der Waals surface area (Å²) in [4.78, 5) is 30.3. The molecule has 2 aromatic heterocycles. The fourth-order valence-electron chi connectivity index (χ4n) is 4.38. The zero-order valence-electron chi connectivity index (χ0n) is 20.0. The number of nitrogens with two attached hydrogens (primary N) is 1. The predicted molar refractivity (Wildman–Crippen MR) is 125 cm³/mol. The second kappa shape index (κ2) is 9.94. The number of likely N-dealkylation sites (tertiary alicyclic amines) is 1. The summed E-state index contributed by atoms with van der Waals surface area (Å²) >= 11 is 0. The molecule has 4 rings (SSSR count). The van der Waals surface area contributed by atoms with Crippen LogP contribution in [-0.4, -0.2) is 56.6 Å². The SMILES string of the molecule is CC(C)CC(=O)N1C[C@H](F)[C@H](NC(=O)c2cc(-c3cc(C(F)(F)F)c4c(N)ncnn34)ccc2CF)C1. The van der Waals surface area contributed by atoms with Gasteiger partial charge in [0.05, 0.1) is 23.8 Å². The van der Waals surface area contributed by atoms with E-state index in [1.165, 1.54) is 23.1 Å². The van der Waals surface area contributed by atoms with Crippen LogP contribution in [0.15, 0.2) is 30.6 Å². The van der Waals surface area contributed by atoms with Gasteiger partial charge in [-0.2, -0.15) is 18.3 Å². The molecule has 0 spiro atoms. The van der Waals surface area contributed by atoms with E-state index in [2.05, 4.69) is 15.4 Å². The molecule has 1 aromatic carbocycles. The Bertz CT molecular complexity index is 1340. The third-order valence-corrected chi connectivity index (χ3v) is 6.18. The molecule has 0 unspecified atom stereocenters. The van der Waals surface area contributed by atoms with Crippen LogP contribution >= 0.6 is 0 Å². The third kappa shape index (κ3) is 5.20. The van der Waals surface area contributed by atoms with Crippen LogP contribution in [-0.2, 0) is 17.6 Å². The number of carbonyl (C=O) groups excluding carboxylic acids is 2. The molecule has 0 radical (unpaired) electrons. The molecule has 0 bridgehead atoms. The zero-order chi connectivity index (χ0) is 27.1. The topological polar surface area (TPSA) is 106 Å². The number of halogens is 5. The Morgan fingerprint density at radius 1 is 1.22 bits per heavy atom. The number of anilines is 1. The van der Waals surface area contributed by atoms with E-state index in [1.54, 1.807) is 0 Å². The van der Waals surface area contributed by atoms with Gasteiger partial charge >= 0.3 is 6.18 Å². The lowest BCUT2D eigenvalue weighted by Crippen LogP contribution is -2.42. The molecule has 1 saturated heterocycles. The first-order chi connectivity index (χ1) is 17.4. The highest BCUT2D eigenvalue weighted by Gasteiger charge is 2.38. The summed E-state index contributed by atoms with van der Waals surface area (Å²) < 4.78 is 70.3. The number of rotatable bonds is 6. The molecule has 8 nitrogen and oxygen atoms in total. The summed E-state index contributed by atoms with van der Waals surface area (Å²) in [6.07, 6.45) is -5.07. The normalized spacial score (nSPS) is 18.1. The van der Waals surface area contributed by atoms with Crippen LogP contribution in [0, 0.1) is 5.92 Å². The molecule has 37 heavy (non-hydrogen) atoms. The average molecular weight is 524 g/mol. The summed E-state index contributed by atoms with van der Waals surface area (Å²) in [5.74, 6) is -1.36. The second-order valence-corrected chi connectivity index (χ2v) is 9.34.